The zero-order chi connectivity index (χ0) is 65.7. The van der Waals surface area contributed by atoms with Crippen molar-refractivity contribution in [2.24, 2.45) is 11.8 Å². The number of unbranched alkanes of at least 4 members (excludes halogenated alkanes) is 38. The van der Waals surface area contributed by atoms with Gasteiger partial charge in [-0.15, -0.1) is 0 Å². The number of aliphatic hydroxyl groups is 1. The van der Waals surface area contributed by atoms with Gasteiger partial charge in [0.15, 0.2) is 12.2 Å². The van der Waals surface area contributed by atoms with E-state index in [4.69, 9.17) is 37.0 Å². The fourth-order valence-electron chi connectivity index (χ4n) is 10.6. The zero-order valence-electron chi connectivity index (χ0n) is 57.7. The molecule has 0 radical (unpaired) electrons. The average molecular weight is 1310 g/mol. The number of phosphoric acid groups is 2. The fraction of sp³-hybridized carbons (Fsp3) is 0.943. The predicted octanol–water partition coefficient (Wildman–Crippen LogP) is 20.0. The molecule has 0 saturated heterocycles. The molecule has 3 unspecified atom stereocenters. The van der Waals surface area contributed by atoms with Crippen LogP contribution in [0.25, 0.3) is 0 Å². The van der Waals surface area contributed by atoms with Crippen LogP contribution in [0.15, 0.2) is 0 Å². The zero-order valence-corrected chi connectivity index (χ0v) is 59.5. The third-order valence-electron chi connectivity index (χ3n) is 16.6. The molecular formula is C70H136O17P2. The van der Waals surface area contributed by atoms with Crippen LogP contribution in [0.1, 0.15) is 356 Å². The Morgan fingerprint density at radius 3 is 0.854 bits per heavy atom. The SMILES string of the molecule is CCCCCCCCCCCCCCCC(=O)OC[C@H](COP(=O)(O)OC[C@@H](O)COP(=O)(O)OC[C@@H](COC(=O)CCCCCCCCCCCC)OC(=O)CCCCCCCCCCCC(C)C)OC(=O)CCCCCCCCCCCCC(C)CC. The molecule has 0 aliphatic heterocycles. The maximum Gasteiger partial charge on any atom is 0.472 e. The molecule has 0 aliphatic carbocycles. The molecule has 19 heteroatoms. The lowest BCUT2D eigenvalue weighted by atomic mass is 9.99. The van der Waals surface area contributed by atoms with Crippen molar-refractivity contribution in [1.29, 1.82) is 0 Å². The second-order valence-corrected chi connectivity index (χ2v) is 28.9. The van der Waals surface area contributed by atoms with Crippen LogP contribution in [-0.4, -0.2) is 96.7 Å². The second kappa shape index (κ2) is 62.2. The van der Waals surface area contributed by atoms with E-state index in [0.29, 0.717) is 25.7 Å². The first-order chi connectivity index (χ1) is 42.9. The molecule has 0 bridgehead atoms. The van der Waals surface area contributed by atoms with Crippen LogP contribution in [0.4, 0.5) is 0 Å². The van der Waals surface area contributed by atoms with E-state index in [1.54, 1.807) is 0 Å². The molecule has 0 spiro atoms. The highest BCUT2D eigenvalue weighted by molar-refractivity contribution is 7.47. The molecule has 17 nitrogen and oxygen atoms in total. The first-order valence-corrected chi connectivity index (χ1v) is 39.5. The van der Waals surface area contributed by atoms with Crippen LogP contribution in [0, 0.1) is 11.8 Å². The van der Waals surface area contributed by atoms with Crippen molar-refractivity contribution in [1.82, 2.24) is 0 Å². The van der Waals surface area contributed by atoms with E-state index in [1.807, 2.05) is 0 Å². The summed E-state index contributed by atoms with van der Waals surface area (Å²) in [6.45, 7) is 9.55. The molecule has 0 fully saturated rings. The number of esters is 4. The predicted molar refractivity (Wildman–Crippen MR) is 358 cm³/mol. The number of ether oxygens (including phenoxy) is 4. The molecule has 0 aromatic carbocycles. The minimum Gasteiger partial charge on any atom is -0.462 e. The number of aliphatic hydroxyl groups excluding tert-OH is 1. The summed E-state index contributed by atoms with van der Waals surface area (Å²) in [5.41, 5.74) is 0. The molecule has 0 aromatic rings. The van der Waals surface area contributed by atoms with Crippen LogP contribution in [0.2, 0.25) is 0 Å². The van der Waals surface area contributed by atoms with Crippen LogP contribution in [0.5, 0.6) is 0 Å². The van der Waals surface area contributed by atoms with Crippen molar-refractivity contribution in [3.63, 3.8) is 0 Å². The Balaban J connectivity index is 5.26. The Morgan fingerprint density at radius 2 is 0.573 bits per heavy atom. The number of hydrogen-bond acceptors (Lipinski definition) is 15. The van der Waals surface area contributed by atoms with Gasteiger partial charge < -0.3 is 33.8 Å². The molecular weight excluding hydrogens is 1170 g/mol. The number of hydrogen-bond donors (Lipinski definition) is 3. The van der Waals surface area contributed by atoms with E-state index in [-0.39, 0.29) is 25.7 Å². The van der Waals surface area contributed by atoms with Gasteiger partial charge in [0.05, 0.1) is 26.4 Å². The average Bonchev–Trinajstić information content (AvgIpc) is 3.71. The summed E-state index contributed by atoms with van der Waals surface area (Å²) in [7, 11) is -9.90. The van der Waals surface area contributed by atoms with Gasteiger partial charge in [-0.05, 0) is 37.5 Å². The first-order valence-electron chi connectivity index (χ1n) is 36.5. The highest BCUT2D eigenvalue weighted by atomic mass is 31.2. The Kier molecular flexibility index (Phi) is 60.8. The van der Waals surface area contributed by atoms with Gasteiger partial charge in [-0.25, -0.2) is 9.13 Å². The normalized spacial score (nSPS) is 14.4. The van der Waals surface area contributed by atoms with Gasteiger partial charge in [0.1, 0.15) is 19.3 Å². The van der Waals surface area contributed by atoms with Gasteiger partial charge in [0, 0.05) is 25.7 Å². The Bertz CT molecular complexity index is 1740. The molecule has 6 atom stereocenters. The molecule has 0 aromatic heterocycles. The van der Waals surface area contributed by atoms with E-state index in [9.17, 15) is 43.2 Å². The third-order valence-corrected chi connectivity index (χ3v) is 18.5. The summed E-state index contributed by atoms with van der Waals surface area (Å²) in [5, 5.41) is 10.6. The van der Waals surface area contributed by atoms with E-state index in [0.717, 1.165) is 102 Å². The number of phosphoric ester groups is 2. The maximum atomic E-state index is 13.0. The summed E-state index contributed by atoms with van der Waals surface area (Å²) in [4.78, 5) is 72.5. The van der Waals surface area contributed by atoms with Gasteiger partial charge in [-0.1, -0.05) is 305 Å². The van der Waals surface area contributed by atoms with Crippen LogP contribution < -0.4 is 0 Å². The van der Waals surface area contributed by atoms with E-state index in [1.165, 1.54) is 173 Å². The highest BCUT2D eigenvalue weighted by Crippen LogP contribution is 2.45. The van der Waals surface area contributed by atoms with Gasteiger partial charge in [0.25, 0.3) is 0 Å². The van der Waals surface area contributed by atoms with Gasteiger partial charge >= 0.3 is 39.5 Å². The lowest BCUT2D eigenvalue weighted by molar-refractivity contribution is -0.161. The molecule has 0 aliphatic rings. The van der Waals surface area contributed by atoms with E-state index < -0.39 is 97.5 Å². The van der Waals surface area contributed by atoms with Crippen molar-refractivity contribution in [3.8, 4) is 0 Å². The smallest absolute Gasteiger partial charge is 0.462 e. The molecule has 528 valence electrons. The van der Waals surface area contributed by atoms with Crippen molar-refractivity contribution in [2.45, 2.75) is 374 Å². The summed E-state index contributed by atoms with van der Waals surface area (Å²) in [6.07, 6.45) is 47.0. The number of carbonyl (C=O) groups excluding carboxylic acids is 4. The molecule has 89 heavy (non-hydrogen) atoms. The Hall–Kier alpha value is -1.94. The largest absolute Gasteiger partial charge is 0.472 e. The van der Waals surface area contributed by atoms with Crippen molar-refractivity contribution in [3.05, 3.63) is 0 Å². The fourth-order valence-corrected chi connectivity index (χ4v) is 12.1. The lowest BCUT2D eigenvalue weighted by Crippen LogP contribution is -2.30. The Morgan fingerprint density at radius 1 is 0.326 bits per heavy atom. The Labute approximate surface area is 543 Å². The third kappa shape index (κ3) is 63.2. The van der Waals surface area contributed by atoms with Gasteiger partial charge in [-0.2, -0.15) is 0 Å². The number of rotatable bonds is 69. The van der Waals surface area contributed by atoms with Gasteiger partial charge in [-0.3, -0.25) is 37.3 Å². The lowest BCUT2D eigenvalue weighted by Gasteiger charge is -2.21. The van der Waals surface area contributed by atoms with Crippen molar-refractivity contribution < 1.29 is 80.2 Å². The van der Waals surface area contributed by atoms with E-state index in [2.05, 4.69) is 41.5 Å². The first kappa shape index (κ1) is 87.1. The molecule has 0 saturated carbocycles. The molecule has 3 N–H and O–H groups in total. The monoisotopic (exact) mass is 1310 g/mol. The maximum absolute atomic E-state index is 13.0. The summed E-state index contributed by atoms with van der Waals surface area (Å²) in [6, 6.07) is 0. The van der Waals surface area contributed by atoms with Crippen LogP contribution in [0.3, 0.4) is 0 Å². The topological polar surface area (TPSA) is 237 Å². The highest BCUT2D eigenvalue weighted by Gasteiger charge is 2.30. The standard InChI is InChI=1S/C70H136O17P2/c1-7-10-12-14-16-18-20-21-22-29-35-41-47-53-68(73)81-59-65(86-69(74)54-48-42-36-30-24-23-27-33-39-45-51-63(6)9-3)60-84-88(76,77)82-56-64(71)57-83-89(78,79)85-61-66(58-80-67(72)52-46-40-34-28-19-17-15-13-11-8-2)87-70(75)55-49-43-37-31-25-26-32-38-44-50-62(4)5/h62-66,71H,7-61H2,1-6H3,(H,76,77)(H,78,79)/t63?,64-,65-,66-/m1/s1. The summed E-state index contributed by atoms with van der Waals surface area (Å²) >= 11 is 0. The van der Waals surface area contributed by atoms with Crippen LogP contribution >= 0.6 is 15.6 Å². The molecule has 0 heterocycles. The number of carbonyl (C=O) groups is 4. The van der Waals surface area contributed by atoms with Crippen LogP contribution in [-0.2, 0) is 65.4 Å². The molecule has 0 rings (SSSR count). The summed E-state index contributed by atoms with van der Waals surface area (Å²) < 4.78 is 68.3. The van der Waals surface area contributed by atoms with E-state index >= 15 is 0 Å². The second-order valence-electron chi connectivity index (χ2n) is 26.0. The molecule has 0 amide bonds. The minimum absolute atomic E-state index is 0.105. The quantitative estimate of drug-likeness (QED) is 0.0222. The summed E-state index contributed by atoms with van der Waals surface area (Å²) in [5.74, 6) is -0.584. The van der Waals surface area contributed by atoms with Crippen molar-refractivity contribution >= 4 is 39.5 Å². The minimum atomic E-state index is -4.95. The van der Waals surface area contributed by atoms with Gasteiger partial charge in [0.2, 0.25) is 0 Å². The van der Waals surface area contributed by atoms with Crippen molar-refractivity contribution in [2.75, 3.05) is 39.6 Å².